The average Bonchev–Trinajstić information content (AvgIpc) is 2.61. The maximum atomic E-state index is 12.6. The molecule has 0 saturated carbocycles. The first kappa shape index (κ1) is 17.3. The predicted octanol–water partition coefficient (Wildman–Crippen LogP) is 1.71. The van der Waals surface area contributed by atoms with Crippen LogP contribution in [0.5, 0.6) is 5.75 Å². The van der Waals surface area contributed by atoms with Crippen LogP contribution >= 0.6 is 0 Å². The summed E-state index contributed by atoms with van der Waals surface area (Å²) in [4.78, 5) is 26.0. The van der Waals surface area contributed by atoms with Crippen LogP contribution in [0.3, 0.4) is 0 Å². The molecule has 1 saturated heterocycles. The molecule has 0 aliphatic carbocycles. The van der Waals surface area contributed by atoms with Crippen molar-refractivity contribution in [2.45, 2.75) is 32.6 Å². The second-order valence-electron chi connectivity index (χ2n) is 5.83. The number of hydrazine groups is 1. The molecule has 1 atom stereocenters. The van der Waals surface area contributed by atoms with Crippen LogP contribution in [0.25, 0.3) is 0 Å². The molecule has 6 heteroatoms. The molecule has 0 radical (unpaired) electrons. The van der Waals surface area contributed by atoms with Gasteiger partial charge in [0.25, 0.3) is 5.91 Å². The van der Waals surface area contributed by atoms with Crippen molar-refractivity contribution in [3.8, 4) is 5.75 Å². The first-order valence-corrected chi connectivity index (χ1v) is 8.18. The molecule has 2 rings (SSSR count). The fourth-order valence-electron chi connectivity index (χ4n) is 2.73. The summed E-state index contributed by atoms with van der Waals surface area (Å²) in [5.74, 6) is 5.39. The third-order valence-electron chi connectivity index (χ3n) is 4.07. The summed E-state index contributed by atoms with van der Waals surface area (Å²) in [7, 11) is 0. The van der Waals surface area contributed by atoms with Gasteiger partial charge in [0.2, 0.25) is 5.91 Å². The van der Waals surface area contributed by atoms with Gasteiger partial charge in [0.15, 0.2) is 0 Å². The van der Waals surface area contributed by atoms with Gasteiger partial charge in [0, 0.05) is 18.7 Å². The highest BCUT2D eigenvalue weighted by Gasteiger charge is 2.28. The van der Waals surface area contributed by atoms with E-state index in [0.717, 1.165) is 25.7 Å². The highest BCUT2D eigenvalue weighted by molar-refractivity contribution is 5.95. The van der Waals surface area contributed by atoms with E-state index in [4.69, 9.17) is 10.6 Å². The number of nitrogens with two attached hydrogens (primary N) is 1. The number of benzene rings is 1. The van der Waals surface area contributed by atoms with Gasteiger partial charge in [0.1, 0.15) is 5.75 Å². The third-order valence-corrected chi connectivity index (χ3v) is 4.07. The van der Waals surface area contributed by atoms with Crippen molar-refractivity contribution >= 4 is 11.8 Å². The van der Waals surface area contributed by atoms with E-state index in [9.17, 15) is 9.59 Å². The fourth-order valence-corrected chi connectivity index (χ4v) is 2.73. The van der Waals surface area contributed by atoms with E-state index in [1.165, 1.54) is 0 Å². The molecular formula is C17H25N3O3. The summed E-state index contributed by atoms with van der Waals surface area (Å²) in [6.07, 6.45) is 3.61. The number of nitrogens with zero attached hydrogens (tertiary/aromatic N) is 1. The Morgan fingerprint density at radius 3 is 3.00 bits per heavy atom. The Morgan fingerprint density at radius 2 is 2.26 bits per heavy atom. The monoisotopic (exact) mass is 319 g/mol. The van der Waals surface area contributed by atoms with Crippen LogP contribution in [0.1, 0.15) is 43.0 Å². The molecule has 1 aromatic rings. The van der Waals surface area contributed by atoms with Gasteiger partial charge in [0.05, 0.1) is 12.5 Å². The maximum Gasteiger partial charge on any atom is 0.254 e. The summed E-state index contributed by atoms with van der Waals surface area (Å²) in [5, 5.41) is 0. The molecule has 1 fully saturated rings. The average molecular weight is 319 g/mol. The van der Waals surface area contributed by atoms with Gasteiger partial charge >= 0.3 is 0 Å². The second kappa shape index (κ2) is 8.53. The lowest BCUT2D eigenvalue weighted by Gasteiger charge is -2.31. The summed E-state index contributed by atoms with van der Waals surface area (Å²) < 4.78 is 5.65. The predicted molar refractivity (Wildman–Crippen MR) is 87.8 cm³/mol. The largest absolute Gasteiger partial charge is 0.494 e. The number of amides is 2. The lowest BCUT2D eigenvalue weighted by molar-refractivity contribution is -0.126. The first-order valence-electron chi connectivity index (χ1n) is 8.18. The van der Waals surface area contributed by atoms with Crippen molar-refractivity contribution in [1.29, 1.82) is 0 Å². The number of nitrogens with one attached hydrogen (secondary N) is 1. The smallest absolute Gasteiger partial charge is 0.254 e. The van der Waals surface area contributed by atoms with Crippen LogP contribution in [0, 0.1) is 5.92 Å². The SMILES string of the molecule is CCCCOc1cccc(C(=O)N2CCCC(C(=O)NN)C2)c1. The molecule has 1 heterocycles. The molecule has 2 amide bonds. The highest BCUT2D eigenvalue weighted by atomic mass is 16.5. The van der Waals surface area contributed by atoms with E-state index in [1.807, 2.05) is 12.1 Å². The molecule has 1 aliphatic rings. The summed E-state index contributed by atoms with van der Waals surface area (Å²) >= 11 is 0. The number of hydrogen-bond donors (Lipinski definition) is 2. The molecule has 1 aliphatic heterocycles. The standard InChI is InChI=1S/C17H25N3O3/c1-2-3-10-23-15-8-4-6-13(11-15)17(22)20-9-5-7-14(12-20)16(21)19-18/h4,6,8,11,14H,2-3,5,7,9-10,12,18H2,1H3,(H,19,21). The molecule has 3 N–H and O–H groups in total. The molecule has 0 aromatic heterocycles. The lowest BCUT2D eigenvalue weighted by Crippen LogP contribution is -2.47. The number of hydrogen-bond acceptors (Lipinski definition) is 4. The number of carbonyl (C=O) groups excluding carboxylic acids is 2. The topological polar surface area (TPSA) is 84.7 Å². The minimum atomic E-state index is -0.235. The summed E-state index contributed by atoms with van der Waals surface area (Å²) in [6.45, 7) is 3.82. The normalized spacial score (nSPS) is 17.7. The Labute approximate surface area is 136 Å². The summed E-state index contributed by atoms with van der Waals surface area (Å²) in [5.41, 5.74) is 2.77. The van der Waals surface area contributed by atoms with Gasteiger partial charge in [-0.2, -0.15) is 0 Å². The molecule has 1 aromatic carbocycles. The van der Waals surface area contributed by atoms with Gasteiger partial charge in [-0.25, -0.2) is 5.84 Å². The van der Waals surface area contributed by atoms with Crippen molar-refractivity contribution in [3.63, 3.8) is 0 Å². The summed E-state index contributed by atoms with van der Waals surface area (Å²) in [6, 6.07) is 7.22. The Hall–Kier alpha value is -2.08. The van der Waals surface area contributed by atoms with Crippen LogP contribution in [0.15, 0.2) is 24.3 Å². The van der Waals surface area contributed by atoms with E-state index < -0.39 is 0 Å². The number of likely N-dealkylation sites (tertiary alicyclic amines) is 1. The number of carbonyl (C=O) groups is 2. The Balaban J connectivity index is 2.01. The molecule has 0 bridgehead atoms. The van der Waals surface area contributed by atoms with Crippen LogP contribution in [0.2, 0.25) is 0 Å². The number of piperidine rings is 1. The second-order valence-corrected chi connectivity index (χ2v) is 5.83. The number of ether oxygens (including phenoxy) is 1. The van der Waals surface area contributed by atoms with Crippen LogP contribution in [-0.2, 0) is 4.79 Å². The Bertz CT molecular complexity index is 548. The van der Waals surface area contributed by atoms with Crippen LogP contribution < -0.4 is 16.0 Å². The van der Waals surface area contributed by atoms with Crippen LogP contribution in [0.4, 0.5) is 0 Å². The molecular weight excluding hydrogens is 294 g/mol. The molecule has 1 unspecified atom stereocenters. The minimum Gasteiger partial charge on any atom is -0.494 e. The zero-order chi connectivity index (χ0) is 16.7. The van der Waals surface area contributed by atoms with Gasteiger partial charge in [-0.15, -0.1) is 0 Å². The molecule has 126 valence electrons. The Kier molecular flexibility index (Phi) is 6.40. The van der Waals surface area contributed by atoms with Crippen molar-refractivity contribution < 1.29 is 14.3 Å². The number of rotatable bonds is 6. The first-order chi connectivity index (χ1) is 11.2. The third kappa shape index (κ3) is 4.69. The minimum absolute atomic E-state index is 0.0690. The zero-order valence-electron chi connectivity index (χ0n) is 13.6. The van der Waals surface area contributed by atoms with Gasteiger partial charge in [-0.05, 0) is 37.5 Å². The molecule has 6 nitrogen and oxygen atoms in total. The van der Waals surface area contributed by atoms with Crippen LogP contribution in [-0.4, -0.2) is 36.4 Å². The van der Waals surface area contributed by atoms with Gasteiger partial charge in [-0.1, -0.05) is 19.4 Å². The van der Waals surface area contributed by atoms with E-state index in [0.29, 0.717) is 31.0 Å². The molecule has 23 heavy (non-hydrogen) atoms. The van der Waals surface area contributed by atoms with E-state index >= 15 is 0 Å². The lowest BCUT2D eigenvalue weighted by atomic mass is 9.96. The fraction of sp³-hybridized carbons (Fsp3) is 0.529. The van der Waals surface area contributed by atoms with Crippen molar-refractivity contribution in [2.75, 3.05) is 19.7 Å². The zero-order valence-corrected chi connectivity index (χ0v) is 13.6. The highest BCUT2D eigenvalue weighted by Crippen LogP contribution is 2.21. The van der Waals surface area contributed by atoms with E-state index in [-0.39, 0.29) is 17.7 Å². The van der Waals surface area contributed by atoms with Gasteiger partial charge in [-0.3, -0.25) is 15.0 Å². The van der Waals surface area contributed by atoms with Crippen molar-refractivity contribution in [3.05, 3.63) is 29.8 Å². The van der Waals surface area contributed by atoms with Crippen molar-refractivity contribution in [1.82, 2.24) is 10.3 Å². The van der Waals surface area contributed by atoms with Gasteiger partial charge < -0.3 is 9.64 Å². The molecule has 0 spiro atoms. The quantitative estimate of drug-likeness (QED) is 0.362. The maximum absolute atomic E-state index is 12.6. The van der Waals surface area contributed by atoms with E-state index in [1.54, 1.807) is 17.0 Å². The Morgan fingerprint density at radius 1 is 1.43 bits per heavy atom. The van der Waals surface area contributed by atoms with E-state index in [2.05, 4.69) is 12.3 Å². The van der Waals surface area contributed by atoms with Crippen molar-refractivity contribution in [2.24, 2.45) is 11.8 Å². The number of unbranched alkanes of at least 4 members (excludes halogenated alkanes) is 1.